The summed E-state index contributed by atoms with van der Waals surface area (Å²) < 4.78 is 2.85. The molecule has 0 aliphatic heterocycles. The summed E-state index contributed by atoms with van der Waals surface area (Å²) in [5, 5.41) is 15.4. The maximum Gasteiger partial charge on any atom is 0.274 e. The highest BCUT2D eigenvalue weighted by Crippen LogP contribution is 2.18. The molecule has 0 saturated carbocycles. The predicted molar refractivity (Wildman–Crippen MR) is 75.0 cm³/mol. The Morgan fingerprint density at radius 1 is 1.33 bits per heavy atom. The third kappa shape index (κ3) is 2.27. The fourth-order valence-corrected chi connectivity index (χ4v) is 2.17. The van der Waals surface area contributed by atoms with E-state index in [1.165, 1.54) is 21.6 Å². The second-order valence-corrected chi connectivity index (χ2v) is 4.60. The van der Waals surface area contributed by atoms with Gasteiger partial charge in [0.05, 0.1) is 11.5 Å². The summed E-state index contributed by atoms with van der Waals surface area (Å²) >= 11 is 0. The van der Waals surface area contributed by atoms with E-state index in [-0.39, 0.29) is 17.8 Å². The van der Waals surface area contributed by atoms with E-state index in [1.54, 1.807) is 31.4 Å². The summed E-state index contributed by atoms with van der Waals surface area (Å²) in [7, 11) is 1.70. The summed E-state index contributed by atoms with van der Waals surface area (Å²) in [4.78, 5) is 27.0. The highest BCUT2D eigenvalue weighted by Gasteiger charge is 2.14. The lowest BCUT2D eigenvalue weighted by molar-refractivity contribution is -0.385. The van der Waals surface area contributed by atoms with Gasteiger partial charge in [-0.2, -0.15) is 5.10 Å². The summed E-state index contributed by atoms with van der Waals surface area (Å²) in [6, 6.07) is 6.32. The van der Waals surface area contributed by atoms with E-state index in [0.717, 1.165) is 0 Å². The first-order valence-corrected chi connectivity index (χ1v) is 6.17. The minimum absolute atomic E-state index is 0.0179. The van der Waals surface area contributed by atoms with Gasteiger partial charge in [0.25, 0.3) is 11.2 Å². The first-order chi connectivity index (χ1) is 10.1. The van der Waals surface area contributed by atoms with Crippen molar-refractivity contribution in [2.45, 2.75) is 6.54 Å². The Morgan fingerprint density at radius 3 is 2.86 bits per heavy atom. The maximum absolute atomic E-state index is 12.3. The summed E-state index contributed by atoms with van der Waals surface area (Å²) in [5.41, 5.74) is 0.526. The molecule has 21 heavy (non-hydrogen) atoms. The van der Waals surface area contributed by atoms with Crippen LogP contribution in [0.25, 0.3) is 11.0 Å². The lowest BCUT2D eigenvalue weighted by Crippen LogP contribution is -2.21. The van der Waals surface area contributed by atoms with Crippen molar-refractivity contribution in [3.8, 4) is 0 Å². The summed E-state index contributed by atoms with van der Waals surface area (Å²) in [5.74, 6) is 0. The molecule has 0 N–H and O–H groups in total. The molecule has 0 spiro atoms. The monoisotopic (exact) mass is 285 g/mol. The van der Waals surface area contributed by atoms with E-state index >= 15 is 0 Å². The zero-order valence-corrected chi connectivity index (χ0v) is 11.1. The number of aryl methyl sites for hydroxylation is 1. The van der Waals surface area contributed by atoms with Crippen LogP contribution in [0, 0.1) is 10.1 Å². The molecule has 106 valence electrons. The molecular weight excluding hydrogens is 274 g/mol. The lowest BCUT2D eigenvalue weighted by Gasteiger charge is -2.05. The van der Waals surface area contributed by atoms with Crippen molar-refractivity contribution in [1.29, 1.82) is 0 Å². The largest absolute Gasteiger partial charge is 0.294 e. The number of nitro benzene ring substituents is 1. The van der Waals surface area contributed by atoms with Crippen molar-refractivity contribution < 1.29 is 4.92 Å². The van der Waals surface area contributed by atoms with Crippen LogP contribution >= 0.6 is 0 Å². The van der Waals surface area contributed by atoms with Crippen molar-refractivity contribution in [2.24, 2.45) is 7.05 Å². The third-order valence-electron chi connectivity index (χ3n) is 3.15. The Kier molecular flexibility index (Phi) is 2.98. The van der Waals surface area contributed by atoms with E-state index in [0.29, 0.717) is 16.6 Å². The molecule has 0 amide bonds. The van der Waals surface area contributed by atoms with E-state index in [4.69, 9.17) is 0 Å². The molecule has 0 saturated heterocycles. The third-order valence-corrected chi connectivity index (χ3v) is 3.15. The van der Waals surface area contributed by atoms with Crippen LogP contribution in [0.15, 0.2) is 41.6 Å². The standard InChI is InChI=1S/C13H11N5O3/c1-16-7-10-12(15-16)14-8-17(13(10)19)6-9-4-2-3-5-11(9)18(20)21/h2-5,7-8H,6H2,1H3. The van der Waals surface area contributed by atoms with Crippen molar-refractivity contribution in [3.05, 3.63) is 62.8 Å². The molecule has 2 heterocycles. The van der Waals surface area contributed by atoms with Gasteiger partial charge >= 0.3 is 0 Å². The minimum Gasteiger partial charge on any atom is -0.294 e. The second-order valence-electron chi connectivity index (χ2n) is 4.60. The van der Waals surface area contributed by atoms with Crippen LogP contribution in [-0.2, 0) is 13.6 Å². The van der Waals surface area contributed by atoms with E-state index < -0.39 is 4.92 Å². The van der Waals surface area contributed by atoms with Crippen molar-refractivity contribution in [1.82, 2.24) is 19.3 Å². The first-order valence-electron chi connectivity index (χ1n) is 6.17. The van der Waals surface area contributed by atoms with Gasteiger partial charge < -0.3 is 0 Å². The molecule has 0 aliphatic carbocycles. The molecule has 0 bridgehead atoms. The van der Waals surface area contributed by atoms with Crippen LogP contribution in [0.5, 0.6) is 0 Å². The number of nitrogens with zero attached hydrogens (tertiary/aromatic N) is 5. The van der Waals surface area contributed by atoms with Gasteiger partial charge in [-0.1, -0.05) is 18.2 Å². The number of fused-ring (bicyclic) bond motifs is 1. The SMILES string of the molecule is Cn1cc2c(=O)n(Cc3ccccc3[N+](=O)[O-])cnc2n1. The molecular formula is C13H11N5O3. The minimum atomic E-state index is -0.462. The van der Waals surface area contributed by atoms with E-state index in [2.05, 4.69) is 10.1 Å². The predicted octanol–water partition coefficient (Wildman–Crippen LogP) is 1.09. The van der Waals surface area contributed by atoms with Gasteiger partial charge in [-0.25, -0.2) is 4.98 Å². The van der Waals surface area contributed by atoms with Crippen molar-refractivity contribution in [3.63, 3.8) is 0 Å². The first kappa shape index (κ1) is 13.0. The average Bonchev–Trinajstić information content (AvgIpc) is 2.84. The van der Waals surface area contributed by atoms with Crippen molar-refractivity contribution in [2.75, 3.05) is 0 Å². The molecule has 2 aromatic heterocycles. The average molecular weight is 285 g/mol. The van der Waals surface area contributed by atoms with Crippen molar-refractivity contribution >= 4 is 16.7 Å². The second kappa shape index (κ2) is 4.82. The number of nitro groups is 1. The Morgan fingerprint density at radius 2 is 2.10 bits per heavy atom. The van der Waals surface area contributed by atoms with Crippen LogP contribution in [-0.4, -0.2) is 24.3 Å². The molecule has 8 nitrogen and oxygen atoms in total. The van der Waals surface area contributed by atoms with Crippen LogP contribution < -0.4 is 5.56 Å². The summed E-state index contributed by atoms with van der Waals surface area (Å²) in [6.45, 7) is 0.0911. The highest BCUT2D eigenvalue weighted by atomic mass is 16.6. The molecule has 0 fully saturated rings. The topological polar surface area (TPSA) is 95.8 Å². The number of benzene rings is 1. The van der Waals surface area contributed by atoms with E-state index in [9.17, 15) is 14.9 Å². The summed E-state index contributed by atoms with van der Waals surface area (Å²) in [6.07, 6.45) is 2.94. The Hall–Kier alpha value is -3.03. The van der Waals surface area contributed by atoms with Gasteiger partial charge in [-0.05, 0) is 0 Å². The fraction of sp³-hybridized carbons (Fsp3) is 0.154. The molecule has 0 unspecified atom stereocenters. The normalized spacial score (nSPS) is 10.9. The van der Waals surface area contributed by atoms with Crippen LogP contribution in [0.3, 0.4) is 0 Å². The number of para-hydroxylation sites is 1. The fourth-order valence-electron chi connectivity index (χ4n) is 2.17. The Labute approximate surface area is 118 Å². The number of aromatic nitrogens is 4. The van der Waals surface area contributed by atoms with Gasteiger partial charge in [-0.3, -0.25) is 24.2 Å². The van der Waals surface area contributed by atoms with Crippen LogP contribution in [0.4, 0.5) is 5.69 Å². The molecule has 8 heteroatoms. The molecule has 0 radical (unpaired) electrons. The van der Waals surface area contributed by atoms with Gasteiger partial charge in [0, 0.05) is 24.9 Å². The Bertz CT molecular complexity index is 896. The zero-order valence-electron chi connectivity index (χ0n) is 11.1. The van der Waals surface area contributed by atoms with Crippen LogP contribution in [0.2, 0.25) is 0 Å². The maximum atomic E-state index is 12.3. The highest BCUT2D eigenvalue weighted by molar-refractivity contribution is 5.72. The Balaban J connectivity index is 2.09. The number of hydrogen-bond donors (Lipinski definition) is 0. The molecule has 3 aromatic rings. The zero-order chi connectivity index (χ0) is 15.0. The van der Waals surface area contributed by atoms with Gasteiger partial charge in [0.2, 0.25) is 0 Å². The molecule has 3 rings (SSSR count). The smallest absolute Gasteiger partial charge is 0.274 e. The number of hydrogen-bond acceptors (Lipinski definition) is 5. The molecule has 0 aliphatic rings. The molecule has 0 atom stereocenters. The van der Waals surface area contributed by atoms with E-state index in [1.807, 2.05) is 0 Å². The van der Waals surface area contributed by atoms with Gasteiger partial charge in [0.1, 0.15) is 11.7 Å². The van der Waals surface area contributed by atoms with Gasteiger partial charge in [-0.15, -0.1) is 0 Å². The van der Waals surface area contributed by atoms with Crippen LogP contribution in [0.1, 0.15) is 5.56 Å². The van der Waals surface area contributed by atoms with Gasteiger partial charge in [0.15, 0.2) is 5.65 Å². The quantitative estimate of drug-likeness (QED) is 0.530. The lowest BCUT2D eigenvalue weighted by atomic mass is 10.2. The number of rotatable bonds is 3. The molecule has 1 aromatic carbocycles.